The highest BCUT2D eigenvalue weighted by Crippen LogP contribution is 2.24. The molecule has 1 atom stereocenters. The molecule has 0 saturated carbocycles. The predicted molar refractivity (Wildman–Crippen MR) is 101 cm³/mol. The van der Waals surface area contributed by atoms with Crippen LogP contribution in [-0.2, 0) is 16.1 Å². The molecule has 2 aromatic rings. The van der Waals surface area contributed by atoms with Crippen LogP contribution in [0.1, 0.15) is 34.5 Å². The Morgan fingerprint density at radius 1 is 1.15 bits per heavy atom. The maximum Gasteiger partial charge on any atom is 0.337 e. The molecule has 2 aromatic carbocycles. The van der Waals surface area contributed by atoms with Crippen molar-refractivity contribution in [3.8, 4) is 0 Å². The Hall–Kier alpha value is -2.08. The lowest BCUT2D eigenvalue weighted by atomic mass is 10.1. The van der Waals surface area contributed by atoms with Crippen molar-refractivity contribution < 1.29 is 19.6 Å². The summed E-state index contributed by atoms with van der Waals surface area (Å²) in [5, 5.41) is 5.93. The molecule has 0 aliphatic rings. The number of carbonyl (C=O) groups excluding carboxylic acids is 2. The number of amides is 1. The molecule has 0 radical (unpaired) electrons. The van der Waals surface area contributed by atoms with Crippen LogP contribution in [0.3, 0.4) is 0 Å². The van der Waals surface area contributed by atoms with Gasteiger partial charge in [-0.15, -0.1) is 0 Å². The predicted octanol–water partition coefficient (Wildman–Crippen LogP) is 2.72. The molecule has 3 N–H and O–H groups in total. The minimum atomic E-state index is -0.384. The van der Waals surface area contributed by atoms with E-state index < -0.39 is 0 Å². The van der Waals surface area contributed by atoms with E-state index in [-0.39, 0.29) is 24.5 Å². The molecule has 0 spiro atoms. The molecule has 0 heterocycles. The number of rotatable bonds is 7. The van der Waals surface area contributed by atoms with E-state index in [1.807, 2.05) is 18.3 Å². The minimum Gasteiger partial charge on any atom is -0.465 e. The average molecular weight is 396 g/mol. The highest BCUT2D eigenvalue weighted by atomic mass is 35.5. The number of quaternary nitrogens is 1. The number of benzene rings is 2. The number of methoxy groups -OCH3 is 1. The summed E-state index contributed by atoms with van der Waals surface area (Å²) in [5.41, 5.74) is 2.31. The van der Waals surface area contributed by atoms with E-state index in [2.05, 4.69) is 10.1 Å². The Bertz CT molecular complexity index is 779. The van der Waals surface area contributed by atoms with Crippen molar-refractivity contribution in [3.05, 3.63) is 69.2 Å². The first-order valence-corrected chi connectivity index (χ1v) is 8.88. The van der Waals surface area contributed by atoms with Gasteiger partial charge in [-0.05, 0) is 36.8 Å². The number of halogens is 2. The van der Waals surface area contributed by atoms with E-state index in [0.29, 0.717) is 22.2 Å². The summed E-state index contributed by atoms with van der Waals surface area (Å²) in [5.74, 6) is -0.469. The van der Waals surface area contributed by atoms with Crippen molar-refractivity contribution in [2.45, 2.75) is 19.5 Å². The van der Waals surface area contributed by atoms with Gasteiger partial charge < -0.3 is 15.4 Å². The van der Waals surface area contributed by atoms with E-state index in [1.54, 1.807) is 36.4 Å². The summed E-state index contributed by atoms with van der Waals surface area (Å²) in [7, 11) is 1.34. The van der Waals surface area contributed by atoms with Gasteiger partial charge in [-0.1, -0.05) is 41.4 Å². The van der Waals surface area contributed by atoms with Crippen molar-refractivity contribution in [3.63, 3.8) is 0 Å². The lowest BCUT2D eigenvalue weighted by molar-refractivity contribution is -0.682. The van der Waals surface area contributed by atoms with E-state index in [1.165, 1.54) is 7.11 Å². The third kappa shape index (κ3) is 5.73. The van der Waals surface area contributed by atoms with Crippen molar-refractivity contribution >= 4 is 35.1 Å². The molecular weight excluding hydrogens is 375 g/mol. The van der Waals surface area contributed by atoms with Gasteiger partial charge in [0.1, 0.15) is 6.04 Å². The molecule has 26 heavy (non-hydrogen) atoms. The zero-order chi connectivity index (χ0) is 19.1. The summed E-state index contributed by atoms with van der Waals surface area (Å²) in [6, 6.07) is 12.3. The van der Waals surface area contributed by atoms with E-state index >= 15 is 0 Å². The first kappa shape index (κ1) is 20.2. The van der Waals surface area contributed by atoms with Crippen LogP contribution in [0.25, 0.3) is 0 Å². The van der Waals surface area contributed by atoms with Crippen LogP contribution < -0.4 is 10.6 Å². The molecule has 2 rings (SSSR count). The van der Waals surface area contributed by atoms with Crippen LogP contribution in [0.5, 0.6) is 0 Å². The lowest BCUT2D eigenvalue weighted by Gasteiger charge is -2.13. The van der Waals surface area contributed by atoms with Gasteiger partial charge >= 0.3 is 5.97 Å². The Morgan fingerprint density at radius 2 is 1.85 bits per heavy atom. The zero-order valence-electron chi connectivity index (χ0n) is 14.6. The van der Waals surface area contributed by atoms with Crippen LogP contribution in [0, 0.1) is 0 Å². The average Bonchev–Trinajstić information content (AvgIpc) is 2.64. The zero-order valence-corrected chi connectivity index (χ0v) is 16.1. The molecule has 0 unspecified atom stereocenters. The standard InChI is InChI=1S/C19H20Cl2N2O3/c1-12(16-8-7-15(20)9-17(16)21)22-11-18(24)23-10-13-3-5-14(6-4-13)19(25)26-2/h3-9,12,22H,10-11H2,1-2H3,(H,23,24)/p+1/t12-/m0/s1. The molecule has 138 valence electrons. The number of nitrogens with one attached hydrogen (secondary N) is 1. The van der Waals surface area contributed by atoms with Gasteiger partial charge in [0.2, 0.25) is 0 Å². The van der Waals surface area contributed by atoms with Crippen molar-refractivity contribution in [2.24, 2.45) is 0 Å². The Balaban J connectivity index is 1.80. The van der Waals surface area contributed by atoms with Gasteiger partial charge in [0.25, 0.3) is 5.91 Å². The van der Waals surface area contributed by atoms with Crippen LogP contribution in [0.4, 0.5) is 0 Å². The monoisotopic (exact) mass is 395 g/mol. The Kier molecular flexibility index (Phi) is 7.45. The molecule has 5 nitrogen and oxygen atoms in total. The number of carbonyl (C=O) groups is 2. The Labute approximate surface area is 162 Å². The van der Waals surface area contributed by atoms with E-state index in [9.17, 15) is 9.59 Å². The summed E-state index contributed by atoms with van der Waals surface area (Å²) in [6.45, 7) is 2.65. The van der Waals surface area contributed by atoms with Crippen molar-refractivity contribution in [2.75, 3.05) is 13.7 Å². The molecule has 7 heteroatoms. The van der Waals surface area contributed by atoms with Crippen LogP contribution in [0.15, 0.2) is 42.5 Å². The number of hydrogen-bond acceptors (Lipinski definition) is 3. The van der Waals surface area contributed by atoms with Gasteiger partial charge in [-0.2, -0.15) is 0 Å². The molecule has 0 bridgehead atoms. The summed E-state index contributed by atoms with van der Waals surface area (Å²) < 4.78 is 4.65. The van der Waals surface area contributed by atoms with Gasteiger partial charge in [0, 0.05) is 17.1 Å². The maximum atomic E-state index is 12.0. The molecular formula is C19H21Cl2N2O3+. The molecule has 0 aliphatic heterocycles. The summed E-state index contributed by atoms with van der Waals surface area (Å²) in [4.78, 5) is 23.4. The van der Waals surface area contributed by atoms with Gasteiger partial charge in [0.05, 0.1) is 17.7 Å². The number of nitrogens with two attached hydrogens (primary N) is 1. The molecule has 0 fully saturated rings. The normalized spacial score (nSPS) is 11.7. The number of esters is 1. The second-order valence-corrected chi connectivity index (χ2v) is 6.70. The summed E-state index contributed by atoms with van der Waals surface area (Å²) >= 11 is 12.1. The Morgan fingerprint density at radius 3 is 2.46 bits per heavy atom. The smallest absolute Gasteiger partial charge is 0.337 e. The van der Waals surface area contributed by atoms with E-state index in [0.717, 1.165) is 11.1 Å². The number of hydrogen-bond donors (Lipinski definition) is 2. The molecule has 0 saturated heterocycles. The minimum absolute atomic E-state index is 0.0323. The topological polar surface area (TPSA) is 72.0 Å². The fourth-order valence-corrected chi connectivity index (χ4v) is 3.01. The SMILES string of the molecule is COC(=O)c1ccc(CNC(=O)C[NH2+][C@@H](C)c2ccc(Cl)cc2Cl)cc1. The maximum absolute atomic E-state index is 12.0. The van der Waals surface area contributed by atoms with Crippen LogP contribution >= 0.6 is 23.2 Å². The van der Waals surface area contributed by atoms with Gasteiger partial charge in [-0.3, -0.25) is 4.79 Å². The molecule has 0 aromatic heterocycles. The molecule has 0 aliphatic carbocycles. The van der Waals surface area contributed by atoms with Crippen LogP contribution in [-0.4, -0.2) is 25.5 Å². The van der Waals surface area contributed by atoms with Crippen molar-refractivity contribution in [1.29, 1.82) is 0 Å². The third-order valence-electron chi connectivity index (χ3n) is 3.97. The fraction of sp³-hybridized carbons (Fsp3) is 0.263. The first-order valence-electron chi connectivity index (χ1n) is 8.13. The van der Waals surface area contributed by atoms with Crippen molar-refractivity contribution in [1.82, 2.24) is 5.32 Å². The quantitative estimate of drug-likeness (QED) is 0.707. The summed E-state index contributed by atoms with van der Waals surface area (Å²) in [6.07, 6.45) is 0. The fourth-order valence-electron chi connectivity index (χ4n) is 2.43. The lowest BCUT2D eigenvalue weighted by Crippen LogP contribution is -2.87. The number of ether oxygens (including phenoxy) is 1. The molecule has 1 amide bonds. The largest absolute Gasteiger partial charge is 0.465 e. The van der Waals surface area contributed by atoms with E-state index in [4.69, 9.17) is 23.2 Å². The second kappa shape index (κ2) is 9.57. The second-order valence-electron chi connectivity index (χ2n) is 5.86. The first-order chi connectivity index (χ1) is 12.4. The van der Waals surface area contributed by atoms with Gasteiger partial charge in [0.15, 0.2) is 6.54 Å². The van der Waals surface area contributed by atoms with Crippen LogP contribution in [0.2, 0.25) is 10.0 Å². The highest BCUT2D eigenvalue weighted by Gasteiger charge is 2.14. The third-order valence-corrected chi connectivity index (χ3v) is 4.54. The highest BCUT2D eigenvalue weighted by molar-refractivity contribution is 6.35. The van der Waals surface area contributed by atoms with Gasteiger partial charge in [-0.25, -0.2) is 4.79 Å².